The Hall–Kier alpha value is -1.86. The van der Waals surface area contributed by atoms with E-state index in [9.17, 15) is 20.1 Å². The number of aliphatic hydroxyl groups is 2. The molecular weight excluding hydrogens is 276 g/mol. The van der Waals surface area contributed by atoms with Gasteiger partial charge in [-0.3, -0.25) is 4.98 Å². The van der Waals surface area contributed by atoms with Crippen molar-refractivity contribution in [2.24, 2.45) is 0 Å². The van der Waals surface area contributed by atoms with Gasteiger partial charge in [0.05, 0.1) is 6.10 Å². The molecule has 0 fully saturated rings. The molecule has 1 amide bonds. The van der Waals surface area contributed by atoms with Crippen LogP contribution in [-0.2, 0) is 4.74 Å². The second kappa shape index (κ2) is 7.24. The number of rotatable bonds is 5. The summed E-state index contributed by atoms with van der Waals surface area (Å²) in [5, 5.41) is 31.8. The summed E-state index contributed by atoms with van der Waals surface area (Å²) >= 11 is 0. The fraction of sp³-hybridized carbons (Fsp3) is 0.571. The molecule has 4 N–H and O–H groups in total. The van der Waals surface area contributed by atoms with Gasteiger partial charge in [0.25, 0.3) is 0 Å². The molecular formula is C14H22N2O5. The van der Waals surface area contributed by atoms with Gasteiger partial charge in [-0.25, -0.2) is 4.79 Å². The van der Waals surface area contributed by atoms with Crippen LogP contribution in [0.4, 0.5) is 4.79 Å². The summed E-state index contributed by atoms with van der Waals surface area (Å²) in [5.41, 5.74) is -0.593. The molecule has 0 spiro atoms. The quantitative estimate of drug-likeness (QED) is 0.647. The highest BCUT2D eigenvalue weighted by molar-refractivity contribution is 5.67. The minimum atomic E-state index is -1.33. The number of aromatic nitrogens is 1. The van der Waals surface area contributed by atoms with Crippen LogP contribution in [0.2, 0.25) is 0 Å². The van der Waals surface area contributed by atoms with E-state index in [4.69, 9.17) is 4.74 Å². The van der Waals surface area contributed by atoms with Crippen molar-refractivity contribution in [1.82, 2.24) is 10.3 Å². The predicted molar refractivity (Wildman–Crippen MR) is 75.7 cm³/mol. The van der Waals surface area contributed by atoms with Gasteiger partial charge in [0, 0.05) is 12.7 Å². The van der Waals surface area contributed by atoms with Crippen LogP contribution >= 0.6 is 0 Å². The Labute approximate surface area is 123 Å². The van der Waals surface area contributed by atoms with Gasteiger partial charge in [0.15, 0.2) is 0 Å². The van der Waals surface area contributed by atoms with Gasteiger partial charge in [0.1, 0.15) is 23.1 Å². The number of nitrogens with zero attached hydrogens (tertiary/aromatic N) is 1. The Morgan fingerprint density at radius 2 is 2.10 bits per heavy atom. The van der Waals surface area contributed by atoms with Gasteiger partial charge < -0.3 is 25.4 Å². The van der Waals surface area contributed by atoms with Crippen LogP contribution in [0.5, 0.6) is 5.75 Å². The first kappa shape index (κ1) is 17.2. The largest absolute Gasteiger partial charge is 0.506 e. The lowest BCUT2D eigenvalue weighted by atomic mass is 10.1. The van der Waals surface area contributed by atoms with Crippen LogP contribution in [0, 0.1) is 0 Å². The third-order valence-corrected chi connectivity index (χ3v) is 2.57. The molecule has 21 heavy (non-hydrogen) atoms. The normalized spacial score (nSPS) is 14.3. The van der Waals surface area contributed by atoms with Crippen LogP contribution in [-0.4, -0.2) is 44.6 Å². The molecule has 7 heteroatoms. The minimum Gasteiger partial charge on any atom is -0.506 e. The number of carbonyl (C=O) groups excluding carboxylic acids is 1. The topological polar surface area (TPSA) is 112 Å². The zero-order valence-corrected chi connectivity index (χ0v) is 12.4. The fourth-order valence-electron chi connectivity index (χ4n) is 1.61. The molecule has 0 aliphatic rings. The van der Waals surface area contributed by atoms with E-state index in [0.717, 1.165) is 0 Å². The van der Waals surface area contributed by atoms with Crippen molar-refractivity contribution in [3.63, 3.8) is 0 Å². The van der Waals surface area contributed by atoms with E-state index in [1.54, 1.807) is 20.8 Å². The Morgan fingerprint density at radius 3 is 2.67 bits per heavy atom. The van der Waals surface area contributed by atoms with Crippen LogP contribution in [0.15, 0.2) is 18.3 Å². The summed E-state index contributed by atoms with van der Waals surface area (Å²) in [6.45, 7) is 5.36. The number of hydrogen-bond donors (Lipinski definition) is 4. The van der Waals surface area contributed by atoms with Crippen molar-refractivity contribution in [2.75, 3.05) is 6.54 Å². The number of alkyl carbamates (subject to hydrolysis) is 1. The maximum absolute atomic E-state index is 11.4. The number of carbonyl (C=O) groups is 1. The lowest BCUT2D eigenvalue weighted by Gasteiger charge is -2.21. The zero-order chi connectivity index (χ0) is 16.0. The van der Waals surface area contributed by atoms with E-state index in [0.29, 0.717) is 0 Å². The highest BCUT2D eigenvalue weighted by Crippen LogP contribution is 2.24. The first-order chi connectivity index (χ1) is 9.70. The summed E-state index contributed by atoms with van der Waals surface area (Å²) in [6, 6.07) is 2.89. The average molecular weight is 298 g/mol. The van der Waals surface area contributed by atoms with Crippen LogP contribution in [0.3, 0.4) is 0 Å². The maximum Gasteiger partial charge on any atom is 0.407 e. The summed E-state index contributed by atoms with van der Waals surface area (Å²) in [4.78, 5) is 15.2. The highest BCUT2D eigenvalue weighted by Gasteiger charge is 2.23. The number of aromatic hydroxyl groups is 1. The van der Waals surface area contributed by atoms with Crippen LogP contribution < -0.4 is 5.32 Å². The van der Waals surface area contributed by atoms with Crippen LogP contribution in [0.1, 0.15) is 39.0 Å². The van der Waals surface area contributed by atoms with Crippen molar-refractivity contribution in [3.05, 3.63) is 24.0 Å². The summed E-state index contributed by atoms with van der Waals surface area (Å²) in [5.74, 6) is -0.191. The molecule has 118 valence electrons. The van der Waals surface area contributed by atoms with Gasteiger partial charge in [-0.15, -0.1) is 0 Å². The van der Waals surface area contributed by atoms with Gasteiger partial charge >= 0.3 is 6.09 Å². The molecule has 1 heterocycles. The van der Waals surface area contributed by atoms with E-state index in [1.807, 2.05) is 0 Å². The number of hydrogen-bond acceptors (Lipinski definition) is 6. The van der Waals surface area contributed by atoms with Crippen molar-refractivity contribution in [1.29, 1.82) is 0 Å². The monoisotopic (exact) mass is 298 g/mol. The molecule has 7 nitrogen and oxygen atoms in total. The smallest absolute Gasteiger partial charge is 0.407 e. The Balaban J connectivity index is 2.42. The van der Waals surface area contributed by atoms with Crippen molar-refractivity contribution < 1.29 is 24.9 Å². The lowest BCUT2D eigenvalue weighted by Crippen LogP contribution is -2.34. The summed E-state index contributed by atoms with van der Waals surface area (Å²) in [6.07, 6.45) is -1.59. The van der Waals surface area contributed by atoms with Crippen molar-refractivity contribution in [2.45, 2.75) is 45.0 Å². The molecule has 0 saturated heterocycles. The van der Waals surface area contributed by atoms with Crippen molar-refractivity contribution >= 4 is 6.09 Å². The summed E-state index contributed by atoms with van der Waals surface area (Å²) in [7, 11) is 0. The highest BCUT2D eigenvalue weighted by atomic mass is 16.6. The first-order valence-electron chi connectivity index (χ1n) is 6.67. The molecule has 0 aliphatic heterocycles. The number of ether oxygens (including phenoxy) is 1. The lowest BCUT2D eigenvalue weighted by molar-refractivity contribution is 0.00859. The Kier molecular flexibility index (Phi) is 5.92. The molecule has 2 atom stereocenters. The Bertz CT molecular complexity index is 473. The van der Waals surface area contributed by atoms with E-state index in [-0.39, 0.29) is 24.4 Å². The molecule has 1 aromatic heterocycles. The second-order valence-corrected chi connectivity index (χ2v) is 5.64. The van der Waals surface area contributed by atoms with Gasteiger partial charge in [-0.05, 0) is 39.3 Å². The van der Waals surface area contributed by atoms with E-state index < -0.39 is 23.9 Å². The number of aliphatic hydroxyl groups excluding tert-OH is 2. The zero-order valence-electron chi connectivity index (χ0n) is 12.4. The fourth-order valence-corrected chi connectivity index (χ4v) is 1.61. The average Bonchev–Trinajstić information content (AvgIpc) is 2.36. The SMILES string of the molecule is CC(C)(C)OC(=O)NCCC(O)C(O)c1ncccc1O. The van der Waals surface area contributed by atoms with Crippen LogP contribution in [0.25, 0.3) is 0 Å². The number of amides is 1. The third-order valence-electron chi connectivity index (χ3n) is 2.57. The van der Waals surface area contributed by atoms with E-state index in [2.05, 4.69) is 10.3 Å². The third kappa shape index (κ3) is 5.97. The molecule has 1 aromatic rings. The Morgan fingerprint density at radius 1 is 1.43 bits per heavy atom. The predicted octanol–water partition coefficient (Wildman–Crippen LogP) is 1.10. The van der Waals surface area contributed by atoms with Gasteiger partial charge in [0.2, 0.25) is 0 Å². The van der Waals surface area contributed by atoms with Crippen molar-refractivity contribution in [3.8, 4) is 5.75 Å². The summed E-state index contributed by atoms with van der Waals surface area (Å²) < 4.78 is 5.04. The van der Waals surface area contributed by atoms with E-state index in [1.165, 1.54) is 18.3 Å². The van der Waals surface area contributed by atoms with Gasteiger partial charge in [-0.1, -0.05) is 0 Å². The first-order valence-corrected chi connectivity index (χ1v) is 6.67. The standard InChI is InChI=1S/C14H22N2O5/c1-14(2,3)21-13(20)16-8-6-10(18)12(19)11-9(17)5-4-7-15-11/h4-5,7,10,12,17-19H,6,8H2,1-3H3,(H,16,20). The van der Waals surface area contributed by atoms with Gasteiger partial charge in [-0.2, -0.15) is 0 Å². The maximum atomic E-state index is 11.4. The second-order valence-electron chi connectivity index (χ2n) is 5.64. The molecule has 0 saturated carbocycles. The number of pyridine rings is 1. The molecule has 2 unspecified atom stereocenters. The molecule has 0 aliphatic carbocycles. The molecule has 1 rings (SSSR count). The molecule has 0 bridgehead atoms. The molecule has 0 aromatic carbocycles. The number of nitrogens with one attached hydrogen (secondary N) is 1. The molecule has 0 radical (unpaired) electrons. The van der Waals surface area contributed by atoms with E-state index >= 15 is 0 Å². The minimum absolute atomic E-state index is 0.00210.